The molecule has 1 aromatic carbocycles. The summed E-state index contributed by atoms with van der Waals surface area (Å²) in [6, 6.07) is 7.09. The van der Waals surface area contributed by atoms with E-state index in [9.17, 15) is 22.8 Å². The maximum atomic E-state index is 14.2. The number of sulfonamides is 1. The molecule has 3 fully saturated rings. The molecule has 0 spiro atoms. The maximum absolute atomic E-state index is 14.2. The van der Waals surface area contributed by atoms with Crippen LogP contribution in [0.25, 0.3) is 0 Å². The molecule has 1 saturated carbocycles. The fraction of sp³-hybridized carbons (Fsp3) is 0.679. The summed E-state index contributed by atoms with van der Waals surface area (Å²) in [5.74, 6) is -1.42. The number of rotatable bonds is 9. The van der Waals surface area contributed by atoms with Crippen molar-refractivity contribution in [3.05, 3.63) is 35.9 Å². The van der Waals surface area contributed by atoms with E-state index in [1.54, 1.807) is 18.9 Å². The highest BCUT2D eigenvalue weighted by Crippen LogP contribution is 2.39. The Hall–Kier alpha value is -2.50. The molecule has 3 amide bonds. The molecule has 10 nitrogen and oxygen atoms in total. The molecule has 6 atom stereocenters. The molecule has 0 aromatic heterocycles. The largest absolute Gasteiger partial charge is 0.349 e. The highest BCUT2D eigenvalue weighted by Gasteiger charge is 2.56. The molecular formula is C28H43N5O5S. The Morgan fingerprint density at radius 3 is 2.26 bits per heavy atom. The van der Waals surface area contributed by atoms with Gasteiger partial charge in [0.2, 0.25) is 27.7 Å². The van der Waals surface area contributed by atoms with Gasteiger partial charge in [-0.25, -0.2) is 8.42 Å². The Morgan fingerprint density at radius 1 is 0.974 bits per heavy atom. The van der Waals surface area contributed by atoms with Gasteiger partial charge in [-0.15, -0.1) is 0 Å². The monoisotopic (exact) mass is 561 g/mol. The van der Waals surface area contributed by atoms with Crippen LogP contribution in [0.2, 0.25) is 0 Å². The highest BCUT2D eigenvalue weighted by molar-refractivity contribution is 7.88. The molecule has 4 rings (SSSR count). The van der Waals surface area contributed by atoms with Crippen LogP contribution in [0.1, 0.15) is 64.0 Å². The topological polar surface area (TPSA) is 128 Å². The van der Waals surface area contributed by atoms with Gasteiger partial charge in [0.15, 0.2) is 0 Å². The zero-order chi connectivity index (χ0) is 28.3. The number of fused-ring (bicyclic) bond motifs is 1. The summed E-state index contributed by atoms with van der Waals surface area (Å²) in [5.41, 5.74) is 0.943. The summed E-state index contributed by atoms with van der Waals surface area (Å²) < 4.78 is 26.8. The Bertz CT molecular complexity index is 1140. The van der Waals surface area contributed by atoms with Gasteiger partial charge in [0.05, 0.1) is 30.3 Å². The van der Waals surface area contributed by atoms with Crippen molar-refractivity contribution in [1.82, 2.24) is 25.2 Å². The third-order valence-corrected chi connectivity index (χ3v) is 10.1. The van der Waals surface area contributed by atoms with Gasteiger partial charge in [-0.2, -0.15) is 4.31 Å². The van der Waals surface area contributed by atoms with E-state index in [-0.39, 0.29) is 36.2 Å². The van der Waals surface area contributed by atoms with E-state index in [4.69, 9.17) is 0 Å². The standard InChI is InChI=1S/C28H43N5O5S/c1-18(20-11-7-5-8-12-20)30-27(35)22-17-33(39(4,37)38)23-15-16-32(25(22)23)28(36)24(21-13-9-6-10-14-21)31-26(34)19(2)29-3/h5,7-8,11-12,18-19,21-25,29H,6,9-10,13-17H2,1-4H3,(H,30,35)(H,31,34)/t18-,19-,22+,23-,24+,25-/m1/s1. The fourth-order valence-corrected chi connectivity index (χ4v) is 7.65. The first-order valence-corrected chi connectivity index (χ1v) is 16.0. The zero-order valence-electron chi connectivity index (χ0n) is 23.4. The minimum atomic E-state index is -3.59. The Balaban J connectivity index is 1.60. The number of hydrogen-bond acceptors (Lipinski definition) is 6. The summed E-state index contributed by atoms with van der Waals surface area (Å²) in [5, 5.41) is 8.99. The lowest BCUT2D eigenvalue weighted by Crippen LogP contribution is -2.58. The number of carbonyl (C=O) groups excluding carboxylic acids is 3. The molecule has 39 heavy (non-hydrogen) atoms. The molecule has 2 saturated heterocycles. The minimum absolute atomic E-state index is 0.0103. The van der Waals surface area contributed by atoms with E-state index in [1.807, 2.05) is 37.3 Å². The molecule has 2 heterocycles. The molecule has 216 valence electrons. The summed E-state index contributed by atoms with van der Waals surface area (Å²) in [6.45, 7) is 4.02. The first kappa shape index (κ1) is 29.5. The van der Waals surface area contributed by atoms with Gasteiger partial charge < -0.3 is 20.9 Å². The summed E-state index contributed by atoms with van der Waals surface area (Å²) in [4.78, 5) is 42.4. The Kier molecular flexibility index (Phi) is 9.33. The van der Waals surface area contributed by atoms with Gasteiger partial charge in [0, 0.05) is 19.1 Å². The second-order valence-electron chi connectivity index (χ2n) is 11.4. The van der Waals surface area contributed by atoms with Crippen molar-refractivity contribution in [2.45, 2.75) is 82.6 Å². The number of likely N-dealkylation sites (N-methyl/N-ethyl adjacent to an activating group) is 1. The smallest absolute Gasteiger partial charge is 0.245 e. The lowest BCUT2D eigenvalue weighted by molar-refractivity contribution is -0.141. The molecule has 2 aliphatic heterocycles. The van der Waals surface area contributed by atoms with Crippen molar-refractivity contribution >= 4 is 27.7 Å². The summed E-state index contributed by atoms with van der Waals surface area (Å²) >= 11 is 0. The molecule has 1 aromatic rings. The molecule has 11 heteroatoms. The van der Waals surface area contributed by atoms with Crippen LogP contribution in [-0.2, 0) is 24.4 Å². The van der Waals surface area contributed by atoms with Crippen LogP contribution in [-0.4, -0.2) is 85.9 Å². The SMILES string of the molecule is CN[C@H](C)C(=O)N[C@H](C(=O)N1CC[C@@H]2[C@H]1[C@@H](C(=O)N[C@H](C)c1ccccc1)CN2S(C)(=O)=O)C1CCCCC1. The predicted octanol–water partition coefficient (Wildman–Crippen LogP) is 1.40. The number of likely N-dealkylation sites (tertiary alicyclic amines) is 1. The van der Waals surface area contributed by atoms with E-state index in [0.717, 1.165) is 43.9 Å². The molecule has 0 unspecified atom stereocenters. The number of nitrogens with one attached hydrogen (secondary N) is 3. The predicted molar refractivity (Wildman–Crippen MR) is 149 cm³/mol. The molecule has 3 aliphatic rings. The van der Waals surface area contributed by atoms with Gasteiger partial charge in [-0.3, -0.25) is 14.4 Å². The van der Waals surface area contributed by atoms with Gasteiger partial charge in [0.1, 0.15) is 6.04 Å². The van der Waals surface area contributed by atoms with E-state index in [1.165, 1.54) is 4.31 Å². The van der Waals surface area contributed by atoms with Crippen LogP contribution in [0, 0.1) is 11.8 Å². The molecule has 0 radical (unpaired) electrons. The minimum Gasteiger partial charge on any atom is -0.349 e. The van der Waals surface area contributed by atoms with Crippen molar-refractivity contribution < 1.29 is 22.8 Å². The van der Waals surface area contributed by atoms with Crippen molar-refractivity contribution in [2.75, 3.05) is 26.4 Å². The zero-order valence-corrected chi connectivity index (χ0v) is 24.2. The second-order valence-corrected chi connectivity index (χ2v) is 13.3. The third-order valence-electron chi connectivity index (χ3n) is 8.79. The van der Waals surface area contributed by atoms with Crippen molar-refractivity contribution in [3.63, 3.8) is 0 Å². The van der Waals surface area contributed by atoms with Crippen LogP contribution in [0.3, 0.4) is 0 Å². The fourth-order valence-electron chi connectivity index (χ4n) is 6.49. The molecule has 3 N–H and O–H groups in total. The first-order valence-electron chi connectivity index (χ1n) is 14.1. The van der Waals surface area contributed by atoms with E-state index in [2.05, 4.69) is 16.0 Å². The average molecular weight is 562 g/mol. The van der Waals surface area contributed by atoms with Crippen molar-refractivity contribution in [3.8, 4) is 0 Å². The van der Waals surface area contributed by atoms with Crippen LogP contribution in [0.15, 0.2) is 30.3 Å². The molecule has 1 aliphatic carbocycles. The van der Waals surface area contributed by atoms with E-state index in [0.29, 0.717) is 13.0 Å². The number of nitrogens with zero attached hydrogens (tertiary/aromatic N) is 2. The number of carbonyl (C=O) groups is 3. The Labute approximate surface area is 232 Å². The molecule has 0 bridgehead atoms. The maximum Gasteiger partial charge on any atom is 0.245 e. The summed E-state index contributed by atoms with van der Waals surface area (Å²) in [6.07, 6.45) is 6.43. The van der Waals surface area contributed by atoms with Crippen molar-refractivity contribution in [2.24, 2.45) is 11.8 Å². The van der Waals surface area contributed by atoms with Gasteiger partial charge in [0.25, 0.3) is 0 Å². The lowest BCUT2D eigenvalue weighted by Gasteiger charge is -2.36. The van der Waals surface area contributed by atoms with Crippen molar-refractivity contribution in [1.29, 1.82) is 0 Å². The van der Waals surface area contributed by atoms with Gasteiger partial charge in [-0.1, -0.05) is 49.6 Å². The van der Waals surface area contributed by atoms with Crippen LogP contribution in [0.4, 0.5) is 0 Å². The van der Waals surface area contributed by atoms with Gasteiger partial charge >= 0.3 is 0 Å². The average Bonchev–Trinajstić information content (AvgIpc) is 3.52. The van der Waals surface area contributed by atoms with Crippen LogP contribution >= 0.6 is 0 Å². The number of hydrogen-bond donors (Lipinski definition) is 3. The summed E-state index contributed by atoms with van der Waals surface area (Å²) in [7, 11) is -1.89. The Morgan fingerprint density at radius 2 is 1.64 bits per heavy atom. The first-order chi connectivity index (χ1) is 18.5. The quantitative estimate of drug-likeness (QED) is 0.418. The third kappa shape index (κ3) is 6.47. The van der Waals surface area contributed by atoms with E-state index >= 15 is 0 Å². The molecular weight excluding hydrogens is 518 g/mol. The van der Waals surface area contributed by atoms with E-state index < -0.39 is 40.1 Å². The lowest BCUT2D eigenvalue weighted by atomic mass is 9.83. The highest BCUT2D eigenvalue weighted by atomic mass is 32.2. The normalized spacial score (nSPS) is 26.5. The van der Waals surface area contributed by atoms with Crippen LogP contribution < -0.4 is 16.0 Å². The second kappa shape index (κ2) is 12.3. The van der Waals surface area contributed by atoms with Gasteiger partial charge in [-0.05, 0) is 51.6 Å². The number of benzene rings is 1. The van der Waals surface area contributed by atoms with Crippen LogP contribution in [0.5, 0.6) is 0 Å². The number of amides is 3.